The van der Waals surface area contributed by atoms with Gasteiger partial charge in [0.05, 0.1) is 14.2 Å². The van der Waals surface area contributed by atoms with Gasteiger partial charge in [-0.15, -0.1) is 0 Å². The summed E-state index contributed by atoms with van der Waals surface area (Å²) in [5.41, 5.74) is 1.18. The van der Waals surface area contributed by atoms with Gasteiger partial charge in [-0.25, -0.2) is 0 Å². The minimum atomic E-state index is -1.06. The van der Waals surface area contributed by atoms with Crippen LogP contribution in [0.15, 0.2) is 12.1 Å². The Kier molecular flexibility index (Phi) is 5.12. The van der Waals surface area contributed by atoms with Gasteiger partial charge < -0.3 is 19.9 Å². The van der Waals surface area contributed by atoms with Gasteiger partial charge >= 0.3 is 0 Å². The summed E-state index contributed by atoms with van der Waals surface area (Å²) in [6.45, 7) is 2.01. The summed E-state index contributed by atoms with van der Waals surface area (Å²) in [6.07, 6.45) is -1.06. The molecule has 0 saturated heterocycles. The minimum absolute atomic E-state index is 0.215. The maximum Gasteiger partial charge on any atom is 0.192 e. The second-order valence-electron chi connectivity index (χ2n) is 3.96. The van der Waals surface area contributed by atoms with Crippen molar-refractivity contribution >= 4 is 5.78 Å². The number of hydrogen-bond acceptors (Lipinski definition) is 5. The van der Waals surface area contributed by atoms with Crippen molar-refractivity contribution < 1.29 is 19.4 Å². The van der Waals surface area contributed by atoms with Crippen molar-refractivity contribution in [2.24, 2.45) is 0 Å². The first-order valence-corrected chi connectivity index (χ1v) is 5.64. The molecule has 100 valence electrons. The van der Waals surface area contributed by atoms with E-state index in [9.17, 15) is 9.90 Å². The molecule has 0 aliphatic carbocycles. The summed E-state index contributed by atoms with van der Waals surface area (Å²) in [7, 11) is 4.72. The van der Waals surface area contributed by atoms with Crippen molar-refractivity contribution in [2.75, 3.05) is 27.8 Å². The van der Waals surface area contributed by atoms with Crippen LogP contribution in [0.1, 0.15) is 15.9 Å². The Labute approximate surface area is 107 Å². The van der Waals surface area contributed by atoms with Crippen molar-refractivity contribution in [3.8, 4) is 11.5 Å². The van der Waals surface area contributed by atoms with Gasteiger partial charge in [0, 0.05) is 12.1 Å². The number of methoxy groups -OCH3 is 2. The molecule has 1 unspecified atom stereocenters. The molecule has 0 bridgehead atoms. The molecule has 0 heterocycles. The fourth-order valence-electron chi connectivity index (χ4n) is 1.71. The number of nitrogens with one attached hydrogen (secondary N) is 1. The lowest BCUT2D eigenvalue weighted by atomic mass is 10.00. The maximum atomic E-state index is 12.0. The molecule has 0 fully saturated rings. The van der Waals surface area contributed by atoms with Gasteiger partial charge in [-0.05, 0) is 31.7 Å². The zero-order chi connectivity index (χ0) is 13.7. The number of carbonyl (C=O) groups excluding carboxylic acids is 1. The molecule has 0 aromatic heterocycles. The van der Waals surface area contributed by atoms with Crippen molar-refractivity contribution in [1.82, 2.24) is 5.32 Å². The van der Waals surface area contributed by atoms with Crippen molar-refractivity contribution in [3.63, 3.8) is 0 Å². The van der Waals surface area contributed by atoms with Gasteiger partial charge in [-0.2, -0.15) is 0 Å². The first kappa shape index (κ1) is 14.5. The van der Waals surface area contributed by atoms with Crippen molar-refractivity contribution in [2.45, 2.75) is 13.0 Å². The van der Waals surface area contributed by atoms with Crippen LogP contribution in [-0.4, -0.2) is 44.8 Å². The molecule has 2 N–H and O–H groups in total. The van der Waals surface area contributed by atoms with E-state index in [1.165, 1.54) is 14.2 Å². The van der Waals surface area contributed by atoms with Crippen molar-refractivity contribution in [3.05, 3.63) is 23.3 Å². The Morgan fingerprint density at radius 3 is 2.39 bits per heavy atom. The van der Waals surface area contributed by atoms with E-state index in [1.54, 1.807) is 26.1 Å². The molecule has 5 heteroatoms. The second-order valence-corrected chi connectivity index (χ2v) is 3.96. The van der Waals surface area contributed by atoms with E-state index in [0.29, 0.717) is 17.1 Å². The van der Waals surface area contributed by atoms with Crippen LogP contribution >= 0.6 is 0 Å². The van der Waals surface area contributed by atoms with Gasteiger partial charge in [-0.3, -0.25) is 4.79 Å². The standard InChI is InChI=1S/C13H19NO4/c1-8-5-11(17-3)12(18-4)6-9(8)13(16)10(15)7-14-2/h5-6,10,14-15H,7H2,1-4H3. The van der Waals surface area contributed by atoms with Gasteiger partial charge in [0.25, 0.3) is 0 Å². The number of aliphatic hydroxyl groups excluding tert-OH is 1. The van der Waals surface area contributed by atoms with Crippen LogP contribution in [0.25, 0.3) is 0 Å². The van der Waals surface area contributed by atoms with Crippen LogP contribution in [0.3, 0.4) is 0 Å². The second kappa shape index (κ2) is 6.37. The monoisotopic (exact) mass is 253 g/mol. The highest BCUT2D eigenvalue weighted by Gasteiger charge is 2.20. The van der Waals surface area contributed by atoms with Gasteiger partial charge in [0.15, 0.2) is 17.3 Å². The lowest BCUT2D eigenvalue weighted by Crippen LogP contribution is -2.31. The summed E-state index contributed by atoms with van der Waals surface area (Å²) in [5.74, 6) is 0.709. The van der Waals surface area contributed by atoms with Crippen LogP contribution in [0.2, 0.25) is 0 Å². The molecule has 5 nitrogen and oxygen atoms in total. The molecule has 0 aliphatic heterocycles. The van der Waals surface area contributed by atoms with Crippen LogP contribution in [-0.2, 0) is 0 Å². The summed E-state index contributed by atoms with van der Waals surface area (Å²) >= 11 is 0. The molecule has 18 heavy (non-hydrogen) atoms. The Morgan fingerprint density at radius 1 is 1.33 bits per heavy atom. The van der Waals surface area contributed by atoms with E-state index in [4.69, 9.17) is 9.47 Å². The van der Waals surface area contributed by atoms with Crippen LogP contribution < -0.4 is 14.8 Å². The van der Waals surface area contributed by atoms with Gasteiger partial charge in [0.2, 0.25) is 0 Å². The van der Waals surface area contributed by atoms with Crippen LogP contribution in [0.4, 0.5) is 0 Å². The van der Waals surface area contributed by atoms with E-state index in [2.05, 4.69) is 5.32 Å². The average Bonchev–Trinajstić information content (AvgIpc) is 2.37. The molecule has 0 radical (unpaired) electrons. The van der Waals surface area contributed by atoms with E-state index in [0.717, 1.165) is 5.56 Å². The number of ketones is 1. The third-order valence-electron chi connectivity index (χ3n) is 2.70. The van der Waals surface area contributed by atoms with E-state index < -0.39 is 6.10 Å². The first-order valence-electron chi connectivity index (χ1n) is 5.64. The highest BCUT2D eigenvalue weighted by molar-refractivity contribution is 6.01. The number of carbonyl (C=O) groups is 1. The summed E-state index contributed by atoms with van der Waals surface area (Å²) < 4.78 is 10.3. The summed E-state index contributed by atoms with van der Waals surface area (Å²) in [5, 5.41) is 12.5. The van der Waals surface area contributed by atoms with Crippen molar-refractivity contribution in [1.29, 1.82) is 0 Å². The topological polar surface area (TPSA) is 67.8 Å². The third-order valence-corrected chi connectivity index (χ3v) is 2.70. The van der Waals surface area contributed by atoms with Crippen LogP contribution in [0.5, 0.6) is 11.5 Å². The quantitative estimate of drug-likeness (QED) is 0.733. The SMILES string of the molecule is CNCC(O)C(=O)c1cc(OC)c(OC)cc1C. The molecule has 0 amide bonds. The van der Waals surface area contributed by atoms with E-state index >= 15 is 0 Å². The predicted octanol–water partition coefficient (Wildman–Crippen LogP) is 0.775. The number of ether oxygens (including phenoxy) is 2. The average molecular weight is 253 g/mol. The Bertz CT molecular complexity index is 431. The molecule has 0 aliphatic rings. The number of Topliss-reactive ketones (excluding diaryl/α,β-unsaturated/α-hetero) is 1. The molecule has 1 atom stereocenters. The fraction of sp³-hybridized carbons (Fsp3) is 0.462. The minimum Gasteiger partial charge on any atom is -0.493 e. The molecule has 1 aromatic carbocycles. The van der Waals surface area contributed by atoms with E-state index in [1.807, 2.05) is 0 Å². The highest BCUT2D eigenvalue weighted by atomic mass is 16.5. The molecule has 1 aromatic rings. The molecule has 0 saturated carbocycles. The first-order chi connectivity index (χ1) is 8.54. The summed E-state index contributed by atoms with van der Waals surface area (Å²) in [4.78, 5) is 12.0. The fourth-order valence-corrected chi connectivity index (χ4v) is 1.71. The third kappa shape index (κ3) is 3.00. The highest BCUT2D eigenvalue weighted by Crippen LogP contribution is 2.30. The number of hydrogen-bond donors (Lipinski definition) is 2. The molecule has 1 rings (SSSR count). The smallest absolute Gasteiger partial charge is 0.192 e. The Balaban J connectivity index is 3.13. The number of benzene rings is 1. The number of aryl methyl sites for hydroxylation is 1. The number of rotatable bonds is 6. The predicted molar refractivity (Wildman–Crippen MR) is 68.5 cm³/mol. The lowest BCUT2D eigenvalue weighted by molar-refractivity contribution is 0.0749. The molecular weight excluding hydrogens is 234 g/mol. The largest absolute Gasteiger partial charge is 0.493 e. The lowest BCUT2D eigenvalue weighted by Gasteiger charge is -2.14. The van der Waals surface area contributed by atoms with E-state index in [-0.39, 0.29) is 12.3 Å². The zero-order valence-electron chi connectivity index (χ0n) is 11.1. The van der Waals surface area contributed by atoms with Crippen LogP contribution in [0, 0.1) is 6.92 Å². The van der Waals surface area contributed by atoms with Gasteiger partial charge in [0.1, 0.15) is 6.10 Å². The maximum absolute atomic E-state index is 12.0. The molecular formula is C13H19NO4. The Hall–Kier alpha value is -1.59. The zero-order valence-corrected chi connectivity index (χ0v) is 11.1. The van der Waals surface area contributed by atoms with Gasteiger partial charge in [-0.1, -0.05) is 0 Å². The normalized spacial score (nSPS) is 12.1. The summed E-state index contributed by atoms with van der Waals surface area (Å²) in [6, 6.07) is 3.31. The molecule has 0 spiro atoms. The number of likely N-dealkylation sites (N-methyl/N-ethyl adjacent to an activating group) is 1. The Morgan fingerprint density at radius 2 is 1.89 bits per heavy atom. The number of aliphatic hydroxyl groups is 1.